The van der Waals surface area contributed by atoms with Crippen LogP contribution in [0.5, 0.6) is 0 Å². The Morgan fingerprint density at radius 2 is 2.05 bits per heavy atom. The molecule has 1 amide bonds. The molecule has 0 unspecified atom stereocenters. The number of amides is 1. The molecule has 0 aliphatic carbocycles. The van der Waals surface area contributed by atoms with Gasteiger partial charge >= 0.3 is 0 Å². The molecule has 0 aliphatic rings. The summed E-state index contributed by atoms with van der Waals surface area (Å²) in [6, 6.07) is 0. The molecular formula is C13H23N3OS2. The van der Waals surface area contributed by atoms with Crippen LogP contribution >= 0.6 is 23.1 Å². The van der Waals surface area contributed by atoms with Crippen LogP contribution < -0.4 is 5.32 Å². The van der Waals surface area contributed by atoms with Crippen LogP contribution in [0.2, 0.25) is 0 Å². The number of hydrogen-bond donors (Lipinski definition) is 1. The summed E-state index contributed by atoms with van der Waals surface area (Å²) in [5.74, 6) is 0.449. The van der Waals surface area contributed by atoms with Crippen molar-refractivity contribution in [2.45, 2.75) is 58.1 Å². The summed E-state index contributed by atoms with van der Waals surface area (Å²) in [6.07, 6.45) is 4.51. The van der Waals surface area contributed by atoms with E-state index in [4.69, 9.17) is 0 Å². The molecule has 1 heterocycles. The minimum absolute atomic E-state index is 0.00353. The van der Waals surface area contributed by atoms with Crippen molar-refractivity contribution in [2.24, 2.45) is 0 Å². The molecule has 0 saturated carbocycles. The molecule has 4 nitrogen and oxygen atoms in total. The van der Waals surface area contributed by atoms with Gasteiger partial charge in [0.1, 0.15) is 5.01 Å². The fourth-order valence-electron chi connectivity index (χ4n) is 1.37. The second-order valence-corrected chi connectivity index (χ2v) is 8.27. The average Bonchev–Trinajstić information content (AvgIpc) is 2.74. The van der Waals surface area contributed by atoms with Crippen molar-refractivity contribution < 1.29 is 4.79 Å². The largest absolute Gasteiger partial charge is 0.300 e. The summed E-state index contributed by atoms with van der Waals surface area (Å²) >= 11 is 3.11. The highest BCUT2D eigenvalue weighted by atomic mass is 32.2. The van der Waals surface area contributed by atoms with Crippen LogP contribution in [0.3, 0.4) is 0 Å². The molecule has 1 rings (SSSR count). The minimum atomic E-state index is -0.00353. The number of thioether (sulfide) groups is 1. The number of aryl methyl sites for hydroxylation is 1. The van der Waals surface area contributed by atoms with Crippen molar-refractivity contribution in [1.82, 2.24) is 10.2 Å². The molecule has 0 saturated heterocycles. The summed E-state index contributed by atoms with van der Waals surface area (Å²) < 4.78 is 0.101. The predicted octanol–water partition coefficient (Wildman–Crippen LogP) is 3.74. The Hall–Kier alpha value is -0.620. The summed E-state index contributed by atoms with van der Waals surface area (Å²) in [5.41, 5.74) is 0. The van der Waals surface area contributed by atoms with Gasteiger partial charge in [0.15, 0.2) is 0 Å². The number of unbranched alkanes of at least 4 members (excludes halogenated alkanes) is 2. The van der Waals surface area contributed by atoms with E-state index in [0.717, 1.165) is 17.8 Å². The molecule has 0 atom stereocenters. The standard InChI is InChI=1S/C13H23N3OS2/c1-5-6-7-8-11-15-16-12(19-11)14-10(17)9-18-13(2,3)4/h5-9H2,1-4H3,(H,14,16,17). The first-order valence-electron chi connectivity index (χ1n) is 6.67. The number of nitrogens with one attached hydrogen (secondary N) is 1. The number of carbonyl (C=O) groups excluding carboxylic acids is 1. The Kier molecular flexibility index (Phi) is 6.79. The average molecular weight is 301 g/mol. The van der Waals surface area contributed by atoms with E-state index in [2.05, 4.69) is 43.2 Å². The number of aromatic nitrogens is 2. The van der Waals surface area contributed by atoms with Crippen molar-refractivity contribution in [1.29, 1.82) is 0 Å². The molecule has 0 spiro atoms. The molecule has 0 aromatic carbocycles. The van der Waals surface area contributed by atoms with Crippen molar-refractivity contribution in [3.05, 3.63) is 5.01 Å². The van der Waals surface area contributed by atoms with E-state index >= 15 is 0 Å². The van der Waals surface area contributed by atoms with Gasteiger partial charge in [-0.15, -0.1) is 22.0 Å². The summed E-state index contributed by atoms with van der Waals surface area (Å²) in [4.78, 5) is 11.7. The fourth-order valence-corrected chi connectivity index (χ4v) is 2.80. The van der Waals surface area contributed by atoms with Gasteiger partial charge in [-0.3, -0.25) is 10.1 Å². The molecule has 0 bridgehead atoms. The maximum absolute atomic E-state index is 11.7. The smallest absolute Gasteiger partial charge is 0.236 e. The first kappa shape index (κ1) is 16.4. The highest BCUT2D eigenvalue weighted by molar-refractivity contribution is 8.01. The van der Waals surface area contributed by atoms with Gasteiger partial charge in [0, 0.05) is 11.2 Å². The first-order chi connectivity index (χ1) is 8.90. The Balaban J connectivity index is 2.34. The molecular weight excluding hydrogens is 278 g/mol. The van der Waals surface area contributed by atoms with Crippen molar-refractivity contribution >= 4 is 34.1 Å². The van der Waals surface area contributed by atoms with Crippen LogP contribution in [0.4, 0.5) is 5.13 Å². The van der Waals surface area contributed by atoms with Crippen LogP contribution in [0.25, 0.3) is 0 Å². The van der Waals surface area contributed by atoms with E-state index in [-0.39, 0.29) is 10.7 Å². The second-order valence-electron chi connectivity index (χ2n) is 5.41. The fraction of sp³-hybridized carbons (Fsp3) is 0.769. The lowest BCUT2D eigenvalue weighted by atomic mass is 10.2. The van der Waals surface area contributed by atoms with Crippen molar-refractivity contribution in [3.63, 3.8) is 0 Å². The molecule has 0 aliphatic heterocycles. The van der Waals surface area contributed by atoms with Crippen LogP contribution in [0.1, 0.15) is 52.0 Å². The van der Waals surface area contributed by atoms with Crippen LogP contribution in [-0.4, -0.2) is 26.6 Å². The van der Waals surface area contributed by atoms with Gasteiger partial charge in [-0.05, 0) is 6.42 Å². The number of rotatable bonds is 7. The van der Waals surface area contributed by atoms with E-state index in [0.29, 0.717) is 10.9 Å². The number of hydrogen-bond acceptors (Lipinski definition) is 5. The van der Waals surface area contributed by atoms with Gasteiger partial charge in [-0.1, -0.05) is 51.9 Å². The molecule has 1 aromatic rings. The van der Waals surface area contributed by atoms with Crippen LogP contribution in [0, 0.1) is 0 Å². The zero-order chi connectivity index (χ0) is 14.3. The van der Waals surface area contributed by atoms with Crippen molar-refractivity contribution in [2.75, 3.05) is 11.1 Å². The van der Waals surface area contributed by atoms with Crippen LogP contribution in [0.15, 0.2) is 0 Å². The monoisotopic (exact) mass is 301 g/mol. The van der Waals surface area contributed by atoms with E-state index in [1.54, 1.807) is 11.8 Å². The zero-order valence-corrected chi connectivity index (χ0v) is 13.8. The predicted molar refractivity (Wildman–Crippen MR) is 84.0 cm³/mol. The van der Waals surface area contributed by atoms with Gasteiger partial charge in [-0.2, -0.15) is 0 Å². The zero-order valence-electron chi connectivity index (χ0n) is 12.2. The second kappa shape index (κ2) is 7.85. The van der Waals surface area contributed by atoms with Gasteiger partial charge in [0.05, 0.1) is 5.75 Å². The van der Waals surface area contributed by atoms with E-state index < -0.39 is 0 Å². The quantitative estimate of drug-likeness (QED) is 0.779. The SMILES string of the molecule is CCCCCc1nnc(NC(=O)CSC(C)(C)C)s1. The Morgan fingerprint density at radius 3 is 2.68 bits per heavy atom. The van der Waals surface area contributed by atoms with Gasteiger partial charge in [0.2, 0.25) is 11.0 Å². The van der Waals surface area contributed by atoms with Gasteiger partial charge in [-0.25, -0.2) is 0 Å². The van der Waals surface area contributed by atoms with E-state index in [1.807, 2.05) is 0 Å². The first-order valence-corrected chi connectivity index (χ1v) is 8.47. The Labute approximate surface area is 123 Å². The Bertz CT molecular complexity index is 399. The number of nitrogens with zero attached hydrogens (tertiary/aromatic N) is 2. The minimum Gasteiger partial charge on any atom is -0.300 e. The lowest BCUT2D eigenvalue weighted by Crippen LogP contribution is -2.18. The maximum Gasteiger partial charge on any atom is 0.236 e. The molecule has 0 radical (unpaired) electrons. The summed E-state index contributed by atoms with van der Waals surface area (Å²) in [6.45, 7) is 8.48. The summed E-state index contributed by atoms with van der Waals surface area (Å²) in [7, 11) is 0. The third-order valence-electron chi connectivity index (χ3n) is 2.34. The molecule has 108 valence electrons. The lowest BCUT2D eigenvalue weighted by molar-refractivity contribution is -0.113. The van der Waals surface area contributed by atoms with E-state index in [1.165, 1.54) is 24.2 Å². The maximum atomic E-state index is 11.7. The van der Waals surface area contributed by atoms with E-state index in [9.17, 15) is 4.79 Å². The molecule has 1 N–H and O–H groups in total. The molecule has 0 fully saturated rings. The highest BCUT2D eigenvalue weighted by Gasteiger charge is 2.14. The normalized spacial score (nSPS) is 11.6. The van der Waals surface area contributed by atoms with Crippen LogP contribution in [-0.2, 0) is 11.2 Å². The highest BCUT2D eigenvalue weighted by Crippen LogP contribution is 2.23. The summed E-state index contributed by atoms with van der Waals surface area (Å²) in [5, 5.41) is 12.5. The number of anilines is 1. The van der Waals surface area contributed by atoms with Gasteiger partial charge < -0.3 is 0 Å². The Morgan fingerprint density at radius 1 is 1.32 bits per heavy atom. The lowest BCUT2D eigenvalue weighted by Gasteiger charge is -2.16. The van der Waals surface area contributed by atoms with Gasteiger partial charge in [0.25, 0.3) is 0 Å². The topological polar surface area (TPSA) is 54.9 Å². The molecule has 6 heteroatoms. The third kappa shape index (κ3) is 7.52. The molecule has 1 aromatic heterocycles. The van der Waals surface area contributed by atoms with Crippen molar-refractivity contribution in [3.8, 4) is 0 Å². The molecule has 19 heavy (non-hydrogen) atoms. The third-order valence-corrected chi connectivity index (χ3v) is 4.51. The number of carbonyl (C=O) groups is 1.